The van der Waals surface area contributed by atoms with Crippen LogP contribution in [0.1, 0.15) is 33.5 Å². The van der Waals surface area contributed by atoms with Crippen molar-refractivity contribution in [2.45, 2.75) is 12.5 Å². The Kier molecular flexibility index (Phi) is 3.73. The third-order valence-electron chi connectivity index (χ3n) is 5.69. The molecule has 0 unspecified atom stereocenters. The number of carbonyl (C=O) groups excluding carboxylic acids is 1. The van der Waals surface area contributed by atoms with E-state index in [1.807, 2.05) is 0 Å². The molecule has 0 saturated heterocycles. The monoisotopic (exact) mass is 419 g/mol. The molecular weight excluding hydrogens is 404 g/mol. The van der Waals surface area contributed by atoms with Gasteiger partial charge in [-0.05, 0) is 30.3 Å². The van der Waals surface area contributed by atoms with E-state index >= 15 is 0 Å². The molecule has 0 radical (unpaired) electrons. The lowest BCUT2D eigenvalue weighted by molar-refractivity contribution is 0.0674. The van der Waals surface area contributed by atoms with E-state index in [0.29, 0.717) is 46.5 Å². The fourth-order valence-corrected chi connectivity index (χ4v) is 4.24. The molecule has 0 aliphatic carbocycles. The number of nitrogens with one attached hydrogen (secondary N) is 1. The maximum absolute atomic E-state index is 14.3. The van der Waals surface area contributed by atoms with Gasteiger partial charge < -0.3 is 14.3 Å². The Balaban J connectivity index is 1.49. The van der Waals surface area contributed by atoms with Crippen LogP contribution in [-0.4, -0.2) is 36.9 Å². The number of amides is 1. The van der Waals surface area contributed by atoms with Crippen LogP contribution in [0.5, 0.6) is 0 Å². The molecule has 0 fully saturated rings. The third kappa shape index (κ3) is 2.66. The minimum Gasteiger partial charge on any atom is -0.458 e. The summed E-state index contributed by atoms with van der Waals surface area (Å²) in [5.74, 6) is -0.714. The average molecular weight is 419 g/mol. The molecule has 1 aliphatic rings. The van der Waals surface area contributed by atoms with Crippen LogP contribution >= 0.6 is 0 Å². The van der Waals surface area contributed by atoms with Gasteiger partial charge in [-0.25, -0.2) is 18.3 Å². The number of pyridine rings is 1. The van der Waals surface area contributed by atoms with E-state index in [-0.39, 0.29) is 5.91 Å². The maximum atomic E-state index is 14.3. The first-order valence-corrected chi connectivity index (χ1v) is 9.74. The van der Waals surface area contributed by atoms with Crippen molar-refractivity contribution in [3.05, 3.63) is 89.5 Å². The van der Waals surface area contributed by atoms with Gasteiger partial charge in [0.05, 0.1) is 40.9 Å². The minimum atomic E-state index is -0.635. The molecule has 7 nitrogen and oxygen atoms in total. The van der Waals surface area contributed by atoms with Crippen LogP contribution in [0, 0.1) is 11.6 Å². The number of hydrogen-bond acceptors (Lipinski definition) is 4. The Bertz CT molecular complexity index is 1470. The molecule has 6 rings (SSSR count). The number of halogens is 2. The molecule has 0 saturated carbocycles. The lowest BCUT2D eigenvalue weighted by Gasteiger charge is -2.33. The third-order valence-corrected chi connectivity index (χ3v) is 5.69. The molecule has 0 spiro atoms. The lowest BCUT2D eigenvalue weighted by atomic mass is 9.99. The topological polar surface area (TPSA) is 79.4 Å². The summed E-state index contributed by atoms with van der Waals surface area (Å²) in [7, 11) is 0. The first kappa shape index (κ1) is 17.8. The highest BCUT2D eigenvalue weighted by atomic mass is 19.1. The smallest absolute Gasteiger partial charge is 0.258 e. The summed E-state index contributed by atoms with van der Waals surface area (Å²) < 4.78 is 35.1. The molecule has 31 heavy (non-hydrogen) atoms. The normalized spacial score (nSPS) is 16.2. The Morgan fingerprint density at radius 2 is 2.13 bits per heavy atom. The number of benzene rings is 1. The highest BCUT2D eigenvalue weighted by molar-refractivity contribution is 6.01. The fourth-order valence-electron chi connectivity index (χ4n) is 4.24. The van der Waals surface area contributed by atoms with Crippen molar-refractivity contribution in [1.29, 1.82) is 0 Å². The zero-order valence-electron chi connectivity index (χ0n) is 16.0. The number of nitrogens with zero attached hydrogens (tertiary/aromatic N) is 4. The van der Waals surface area contributed by atoms with Crippen molar-refractivity contribution in [1.82, 2.24) is 24.5 Å². The van der Waals surface area contributed by atoms with Gasteiger partial charge in [-0.3, -0.25) is 4.79 Å². The zero-order chi connectivity index (χ0) is 21.1. The minimum absolute atomic E-state index is 0.291. The van der Waals surface area contributed by atoms with E-state index in [1.54, 1.807) is 29.4 Å². The Labute approximate surface area is 173 Å². The number of imidazole rings is 1. The molecule has 5 aromatic rings. The predicted molar refractivity (Wildman–Crippen MR) is 106 cm³/mol. The average Bonchev–Trinajstić information content (AvgIpc) is 3.50. The second kappa shape index (κ2) is 6.49. The number of aromatic amines is 1. The molecule has 5 heterocycles. The first-order valence-electron chi connectivity index (χ1n) is 9.74. The second-order valence-electron chi connectivity index (χ2n) is 7.45. The highest BCUT2D eigenvalue weighted by Gasteiger charge is 2.37. The van der Waals surface area contributed by atoms with Gasteiger partial charge >= 0.3 is 0 Å². The van der Waals surface area contributed by atoms with Gasteiger partial charge in [0.15, 0.2) is 0 Å². The maximum Gasteiger partial charge on any atom is 0.258 e. The summed E-state index contributed by atoms with van der Waals surface area (Å²) in [5, 5.41) is 4.45. The van der Waals surface area contributed by atoms with E-state index in [0.717, 1.165) is 5.69 Å². The van der Waals surface area contributed by atoms with Crippen LogP contribution in [0.15, 0.2) is 59.5 Å². The standard InChI is InChI=1S/C22H15F2N5O2/c23-12-4-5-17-14(9-27-29(17)10-12)22(30)28-7-6-16-20(26-11-25-16)21(28)19-8-13-15(24)2-1-3-18(13)31-19/h1-5,8-11,21H,6-7H2,(H,25,26)/t21-/m1/s1. The molecule has 1 aromatic carbocycles. The molecule has 1 atom stereocenters. The van der Waals surface area contributed by atoms with Crippen molar-refractivity contribution in [2.24, 2.45) is 0 Å². The van der Waals surface area contributed by atoms with E-state index in [9.17, 15) is 13.6 Å². The SMILES string of the molecule is O=C(c1cnn2cc(F)ccc12)N1CCc2[nH]cnc2[C@H]1c1cc2c(F)cccc2o1. The van der Waals surface area contributed by atoms with Crippen molar-refractivity contribution >= 4 is 22.4 Å². The number of furan rings is 1. The van der Waals surface area contributed by atoms with E-state index in [2.05, 4.69) is 15.1 Å². The fraction of sp³-hybridized carbons (Fsp3) is 0.136. The summed E-state index contributed by atoms with van der Waals surface area (Å²) in [6.07, 6.45) is 4.80. The van der Waals surface area contributed by atoms with Crippen molar-refractivity contribution in [2.75, 3.05) is 6.54 Å². The van der Waals surface area contributed by atoms with Crippen LogP contribution in [0.25, 0.3) is 16.5 Å². The van der Waals surface area contributed by atoms with Gasteiger partial charge in [-0.15, -0.1) is 0 Å². The molecule has 9 heteroatoms. The van der Waals surface area contributed by atoms with Crippen molar-refractivity contribution < 1.29 is 18.0 Å². The van der Waals surface area contributed by atoms with Crippen molar-refractivity contribution in [3.8, 4) is 0 Å². The van der Waals surface area contributed by atoms with E-state index < -0.39 is 17.7 Å². The summed E-state index contributed by atoms with van der Waals surface area (Å²) in [6.45, 7) is 0.400. The van der Waals surface area contributed by atoms with Crippen LogP contribution in [0.4, 0.5) is 8.78 Å². The van der Waals surface area contributed by atoms with Gasteiger partial charge in [-0.2, -0.15) is 5.10 Å². The molecule has 1 amide bonds. The van der Waals surface area contributed by atoms with Gasteiger partial charge in [0.1, 0.15) is 29.0 Å². The second-order valence-corrected chi connectivity index (χ2v) is 7.45. The Morgan fingerprint density at radius 3 is 3.00 bits per heavy atom. The van der Waals surface area contributed by atoms with Crippen molar-refractivity contribution in [3.63, 3.8) is 0 Å². The quantitative estimate of drug-likeness (QED) is 0.471. The summed E-state index contributed by atoms with van der Waals surface area (Å²) in [6, 6.07) is 8.41. The zero-order valence-corrected chi connectivity index (χ0v) is 16.0. The lowest BCUT2D eigenvalue weighted by Crippen LogP contribution is -2.40. The molecule has 154 valence electrons. The molecule has 0 bridgehead atoms. The predicted octanol–water partition coefficient (Wildman–Crippen LogP) is 3.87. The van der Waals surface area contributed by atoms with Crippen LogP contribution in [0.3, 0.4) is 0 Å². The number of carbonyl (C=O) groups is 1. The number of H-pyrrole nitrogens is 1. The molecule has 1 aliphatic heterocycles. The number of aromatic nitrogens is 4. The Morgan fingerprint density at radius 1 is 1.23 bits per heavy atom. The van der Waals surface area contributed by atoms with Gasteiger partial charge in [0, 0.05) is 18.7 Å². The van der Waals surface area contributed by atoms with Gasteiger partial charge in [0.25, 0.3) is 5.91 Å². The summed E-state index contributed by atoms with van der Waals surface area (Å²) in [5.41, 5.74) is 2.79. The number of hydrogen-bond donors (Lipinski definition) is 1. The molecule has 4 aromatic heterocycles. The van der Waals surface area contributed by atoms with E-state index in [4.69, 9.17) is 4.42 Å². The summed E-state index contributed by atoms with van der Waals surface area (Å²) >= 11 is 0. The van der Waals surface area contributed by atoms with E-state index in [1.165, 1.54) is 35.1 Å². The molecular formula is C22H15F2N5O2. The van der Waals surface area contributed by atoms with Crippen LogP contribution in [0.2, 0.25) is 0 Å². The Hall–Kier alpha value is -4.01. The number of fused-ring (bicyclic) bond motifs is 3. The largest absolute Gasteiger partial charge is 0.458 e. The summed E-state index contributed by atoms with van der Waals surface area (Å²) in [4.78, 5) is 22.8. The molecule has 1 N–H and O–H groups in total. The van der Waals surface area contributed by atoms with Gasteiger partial charge in [0.2, 0.25) is 0 Å². The van der Waals surface area contributed by atoms with Crippen LogP contribution in [-0.2, 0) is 6.42 Å². The van der Waals surface area contributed by atoms with Crippen LogP contribution < -0.4 is 0 Å². The number of rotatable bonds is 2. The highest BCUT2D eigenvalue weighted by Crippen LogP contribution is 2.37. The first-order chi connectivity index (χ1) is 15.1. The van der Waals surface area contributed by atoms with Gasteiger partial charge in [-0.1, -0.05) is 6.07 Å².